The first-order valence-corrected chi connectivity index (χ1v) is 9.99. The standard InChI is InChI=1S/C22H34O4/c1-8-20(5)19(3,4)18(24)17-16-12-10-9-11-15(16)13-21(6,25-14(2)23)22(17,7)26-20/h8,15-17H,1,9-13H2,2-7H3. The number of rotatable bonds is 2. The highest BCUT2D eigenvalue weighted by Gasteiger charge is 2.71. The smallest absolute Gasteiger partial charge is 0.303 e. The van der Waals surface area contributed by atoms with Crippen LogP contribution < -0.4 is 0 Å². The number of Topliss-reactive ketones (excluding diaryl/α,β-unsaturated/α-hetero) is 1. The molecule has 0 spiro atoms. The van der Waals surface area contributed by atoms with Gasteiger partial charge in [-0.05, 0) is 59.3 Å². The van der Waals surface area contributed by atoms with Crippen LogP contribution in [-0.2, 0) is 19.1 Å². The normalized spacial score (nSPS) is 47.5. The highest BCUT2D eigenvalue weighted by molar-refractivity contribution is 5.90. The number of carbonyl (C=O) groups excluding carboxylic acids is 2. The lowest BCUT2D eigenvalue weighted by Crippen LogP contribution is -2.75. The number of ether oxygens (including phenoxy) is 2. The third kappa shape index (κ3) is 2.44. The number of hydrogen-bond donors (Lipinski definition) is 0. The van der Waals surface area contributed by atoms with E-state index in [0.29, 0.717) is 11.8 Å². The molecule has 4 nitrogen and oxygen atoms in total. The van der Waals surface area contributed by atoms with Crippen molar-refractivity contribution in [2.75, 3.05) is 0 Å². The van der Waals surface area contributed by atoms with Crippen molar-refractivity contribution in [1.82, 2.24) is 0 Å². The molecule has 3 fully saturated rings. The predicted octanol–water partition coefficient (Wildman–Crippen LogP) is 4.46. The largest absolute Gasteiger partial charge is 0.456 e. The zero-order valence-corrected chi connectivity index (χ0v) is 17.2. The van der Waals surface area contributed by atoms with E-state index in [1.165, 1.54) is 13.3 Å². The van der Waals surface area contributed by atoms with E-state index in [2.05, 4.69) is 6.58 Å². The van der Waals surface area contributed by atoms with Crippen LogP contribution in [0.5, 0.6) is 0 Å². The minimum absolute atomic E-state index is 0.226. The summed E-state index contributed by atoms with van der Waals surface area (Å²) in [4.78, 5) is 25.8. The lowest BCUT2D eigenvalue weighted by atomic mass is 9.48. The van der Waals surface area contributed by atoms with Gasteiger partial charge in [-0.1, -0.05) is 25.3 Å². The van der Waals surface area contributed by atoms with Crippen LogP contribution in [0.4, 0.5) is 0 Å². The van der Waals surface area contributed by atoms with Crippen molar-refractivity contribution in [2.45, 2.75) is 90.4 Å². The van der Waals surface area contributed by atoms with E-state index in [-0.39, 0.29) is 17.7 Å². The highest BCUT2D eigenvalue weighted by Crippen LogP contribution is 2.62. The fourth-order valence-electron chi connectivity index (χ4n) is 5.94. The molecule has 1 heterocycles. The van der Waals surface area contributed by atoms with Crippen LogP contribution >= 0.6 is 0 Å². The Balaban J connectivity index is 2.17. The van der Waals surface area contributed by atoms with Gasteiger partial charge in [0.15, 0.2) is 0 Å². The van der Waals surface area contributed by atoms with Gasteiger partial charge in [-0.15, -0.1) is 6.58 Å². The van der Waals surface area contributed by atoms with Gasteiger partial charge in [0.25, 0.3) is 0 Å². The minimum Gasteiger partial charge on any atom is -0.456 e. The highest BCUT2D eigenvalue weighted by atomic mass is 16.6. The van der Waals surface area contributed by atoms with Gasteiger partial charge in [-0.2, -0.15) is 0 Å². The van der Waals surface area contributed by atoms with Crippen molar-refractivity contribution in [2.24, 2.45) is 23.2 Å². The van der Waals surface area contributed by atoms with Crippen molar-refractivity contribution in [1.29, 1.82) is 0 Å². The Morgan fingerprint density at radius 1 is 1.19 bits per heavy atom. The maximum atomic E-state index is 13.8. The quantitative estimate of drug-likeness (QED) is 0.537. The van der Waals surface area contributed by atoms with Gasteiger partial charge in [0.1, 0.15) is 17.0 Å². The van der Waals surface area contributed by atoms with Crippen LogP contribution in [0.3, 0.4) is 0 Å². The molecular weight excluding hydrogens is 328 g/mol. The van der Waals surface area contributed by atoms with Crippen molar-refractivity contribution in [3.8, 4) is 0 Å². The summed E-state index contributed by atoms with van der Waals surface area (Å²) < 4.78 is 12.7. The lowest BCUT2D eigenvalue weighted by Gasteiger charge is -2.65. The molecule has 0 aromatic rings. The molecule has 3 aliphatic rings. The van der Waals surface area contributed by atoms with Gasteiger partial charge in [0.05, 0.1) is 16.9 Å². The molecule has 4 heteroatoms. The predicted molar refractivity (Wildman–Crippen MR) is 101 cm³/mol. The summed E-state index contributed by atoms with van der Waals surface area (Å²) in [6.45, 7) is 15.2. The second kappa shape index (κ2) is 5.92. The van der Waals surface area contributed by atoms with E-state index in [9.17, 15) is 9.59 Å². The Kier molecular flexibility index (Phi) is 4.46. The maximum absolute atomic E-state index is 13.8. The molecule has 6 atom stereocenters. The molecule has 2 aliphatic carbocycles. The molecule has 26 heavy (non-hydrogen) atoms. The van der Waals surface area contributed by atoms with Gasteiger partial charge in [-0.25, -0.2) is 0 Å². The molecule has 3 rings (SSSR count). The molecule has 2 saturated carbocycles. The zero-order chi connectivity index (χ0) is 19.5. The minimum atomic E-state index is -0.854. The molecule has 0 radical (unpaired) electrons. The third-order valence-electron chi connectivity index (χ3n) is 8.01. The Morgan fingerprint density at radius 2 is 1.81 bits per heavy atom. The van der Waals surface area contributed by atoms with Crippen molar-refractivity contribution >= 4 is 11.8 Å². The number of hydrogen-bond acceptors (Lipinski definition) is 4. The Labute approximate surface area is 157 Å². The monoisotopic (exact) mass is 362 g/mol. The van der Waals surface area contributed by atoms with Crippen molar-refractivity contribution < 1.29 is 19.1 Å². The maximum Gasteiger partial charge on any atom is 0.303 e. The summed E-state index contributed by atoms with van der Waals surface area (Å²) in [5.41, 5.74) is -3.15. The van der Waals surface area contributed by atoms with E-state index in [4.69, 9.17) is 9.47 Å². The number of carbonyl (C=O) groups is 2. The van der Waals surface area contributed by atoms with E-state index < -0.39 is 22.2 Å². The summed E-state index contributed by atoms with van der Waals surface area (Å²) in [7, 11) is 0. The van der Waals surface area contributed by atoms with Gasteiger partial charge in [0.2, 0.25) is 0 Å². The molecule has 0 aromatic carbocycles. The number of fused-ring (bicyclic) bond motifs is 3. The molecule has 0 bridgehead atoms. The summed E-state index contributed by atoms with van der Waals surface area (Å²) in [6.07, 6.45) is 6.99. The molecule has 1 saturated heterocycles. The van der Waals surface area contributed by atoms with E-state index in [0.717, 1.165) is 25.7 Å². The van der Waals surface area contributed by atoms with Gasteiger partial charge in [-0.3, -0.25) is 9.59 Å². The summed E-state index contributed by atoms with van der Waals surface area (Å²) >= 11 is 0. The average Bonchev–Trinajstić information content (AvgIpc) is 2.53. The number of esters is 1. The van der Waals surface area contributed by atoms with E-state index in [1.54, 1.807) is 6.08 Å². The van der Waals surface area contributed by atoms with Crippen LogP contribution in [0.25, 0.3) is 0 Å². The first kappa shape index (κ1) is 19.6. The van der Waals surface area contributed by atoms with E-state index >= 15 is 0 Å². The topological polar surface area (TPSA) is 52.6 Å². The Morgan fingerprint density at radius 3 is 2.38 bits per heavy atom. The van der Waals surface area contributed by atoms with Crippen molar-refractivity contribution in [3.05, 3.63) is 12.7 Å². The van der Waals surface area contributed by atoms with Gasteiger partial charge < -0.3 is 9.47 Å². The second-order valence-corrected chi connectivity index (χ2v) is 9.72. The first-order valence-electron chi connectivity index (χ1n) is 9.99. The van der Waals surface area contributed by atoms with Crippen LogP contribution in [0.2, 0.25) is 0 Å². The Bertz CT molecular complexity index is 638. The summed E-state index contributed by atoms with van der Waals surface area (Å²) in [6, 6.07) is 0. The molecule has 6 unspecified atom stereocenters. The molecule has 0 aromatic heterocycles. The summed E-state index contributed by atoms with van der Waals surface area (Å²) in [5, 5.41) is 0. The SMILES string of the molecule is C=CC1(C)OC2(C)C(C(=O)C1(C)C)C1CCCCC1CC2(C)OC(C)=O. The molecular formula is C22H34O4. The van der Waals surface area contributed by atoms with Crippen LogP contribution in [0.1, 0.15) is 73.6 Å². The average molecular weight is 363 g/mol. The fraction of sp³-hybridized carbons (Fsp3) is 0.818. The summed E-state index contributed by atoms with van der Waals surface area (Å²) in [5.74, 6) is 0.363. The fourth-order valence-corrected chi connectivity index (χ4v) is 5.94. The molecule has 0 amide bonds. The van der Waals surface area contributed by atoms with Gasteiger partial charge >= 0.3 is 5.97 Å². The molecule has 0 N–H and O–H groups in total. The second-order valence-electron chi connectivity index (χ2n) is 9.72. The van der Waals surface area contributed by atoms with Crippen LogP contribution in [0.15, 0.2) is 12.7 Å². The number of ketones is 1. The van der Waals surface area contributed by atoms with Crippen LogP contribution in [0, 0.1) is 23.2 Å². The first-order chi connectivity index (χ1) is 11.9. The van der Waals surface area contributed by atoms with Crippen molar-refractivity contribution in [3.63, 3.8) is 0 Å². The van der Waals surface area contributed by atoms with Crippen LogP contribution in [-0.4, -0.2) is 28.6 Å². The lowest BCUT2D eigenvalue weighted by molar-refractivity contribution is -0.306. The Hall–Kier alpha value is -1.16. The van der Waals surface area contributed by atoms with Gasteiger partial charge in [0, 0.05) is 6.92 Å². The molecule has 146 valence electrons. The molecule has 1 aliphatic heterocycles. The zero-order valence-electron chi connectivity index (χ0n) is 17.2. The third-order valence-corrected chi connectivity index (χ3v) is 8.01. The van der Waals surface area contributed by atoms with E-state index in [1.807, 2.05) is 34.6 Å².